The Kier molecular flexibility index (Phi) is 5.48. The van der Waals surface area contributed by atoms with Crippen molar-refractivity contribution >= 4 is 23.2 Å². The SMILES string of the molecule is CCc1ccc(-c2nc(CC(=O)N3CCC(C(=O)O)CC3)cs2)cc1. The number of carboxylic acid groups (broad SMARTS) is 1. The normalized spacial score (nSPS) is 15.3. The molecule has 1 aliphatic rings. The molecule has 0 atom stereocenters. The van der Waals surface area contributed by atoms with Crippen molar-refractivity contribution in [3.05, 3.63) is 40.9 Å². The summed E-state index contributed by atoms with van der Waals surface area (Å²) < 4.78 is 0. The van der Waals surface area contributed by atoms with E-state index in [1.165, 1.54) is 5.56 Å². The van der Waals surface area contributed by atoms with Gasteiger partial charge in [-0.2, -0.15) is 0 Å². The van der Waals surface area contributed by atoms with Crippen LogP contribution in [0.25, 0.3) is 10.6 Å². The minimum atomic E-state index is -0.759. The molecule has 5 nitrogen and oxygen atoms in total. The van der Waals surface area contributed by atoms with E-state index in [1.54, 1.807) is 16.2 Å². The fraction of sp³-hybridized carbons (Fsp3) is 0.421. The molecule has 1 aromatic heterocycles. The smallest absolute Gasteiger partial charge is 0.306 e. The fourth-order valence-electron chi connectivity index (χ4n) is 3.05. The number of aliphatic carboxylic acids is 1. The largest absolute Gasteiger partial charge is 0.481 e. The van der Waals surface area contributed by atoms with E-state index < -0.39 is 5.97 Å². The molecular weight excluding hydrogens is 336 g/mol. The molecule has 0 aliphatic carbocycles. The van der Waals surface area contributed by atoms with Gasteiger partial charge in [-0.25, -0.2) is 4.98 Å². The number of amides is 1. The predicted molar refractivity (Wildman–Crippen MR) is 97.6 cm³/mol. The zero-order valence-corrected chi connectivity index (χ0v) is 15.1. The molecule has 1 saturated heterocycles. The van der Waals surface area contributed by atoms with E-state index >= 15 is 0 Å². The summed E-state index contributed by atoms with van der Waals surface area (Å²) in [6.07, 6.45) is 2.36. The van der Waals surface area contributed by atoms with E-state index in [-0.39, 0.29) is 18.2 Å². The number of aryl methyl sites for hydroxylation is 1. The van der Waals surface area contributed by atoms with E-state index in [4.69, 9.17) is 5.11 Å². The molecule has 1 fully saturated rings. The average Bonchev–Trinajstić information content (AvgIpc) is 3.10. The van der Waals surface area contributed by atoms with Crippen LogP contribution in [0.4, 0.5) is 0 Å². The second kappa shape index (κ2) is 7.78. The highest BCUT2D eigenvalue weighted by atomic mass is 32.1. The van der Waals surface area contributed by atoms with Crippen LogP contribution in [0.15, 0.2) is 29.6 Å². The lowest BCUT2D eigenvalue weighted by atomic mass is 9.97. The zero-order valence-electron chi connectivity index (χ0n) is 14.3. The van der Waals surface area contributed by atoms with Gasteiger partial charge >= 0.3 is 5.97 Å². The highest BCUT2D eigenvalue weighted by molar-refractivity contribution is 7.13. The molecule has 1 N–H and O–H groups in total. The van der Waals surface area contributed by atoms with Gasteiger partial charge in [-0.15, -0.1) is 11.3 Å². The molecule has 2 aromatic rings. The summed E-state index contributed by atoms with van der Waals surface area (Å²) in [4.78, 5) is 29.8. The first kappa shape index (κ1) is 17.6. The maximum absolute atomic E-state index is 12.4. The summed E-state index contributed by atoms with van der Waals surface area (Å²) in [7, 11) is 0. The van der Waals surface area contributed by atoms with Crippen molar-refractivity contribution in [3.8, 4) is 10.6 Å². The van der Waals surface area contributed by atoms with Crippen LogP contribution in [-0.4, -0.2) is 40.0 Å². The number of nitrogens with zero attached hydrogens (tertiary/aromatic N) is 2. The van der Waals surface area contributed by atoms with Crippen LogP contribution in [0, 0.1) is 5.92 Å². The van der Waals surface area contributed by atoms with Gasteiger partial charge in [0, 0.05) is 24.0 Å². The Morgan fingerprint density at radius 2 is 1.92 bits per heavy atom. The number of carbonyl (C=O) groups is 2. The quantitative estimate of drug-likeness (QED) is 0.891. The third kappa shape index (κ3) is 4.25. The standard InChI is InChI=1S/C19H22N2O3S/c1-2-13-3-5-14(6-4-13)18-20-16(12-25-18)11-17(22)21-9-7-15(8-10-21)19(23)24/h3-6,12,15H,2,7-11H2,1H3,(H,23,24). The lowest BCUT2D eigenvalue weighted by Crippen LogP contribution is -2.41. The Morgan fingerprint density at radius 1 is 1.24 bits per heavy atom. The van der Waals surface area contributed by atoms with Crippen LogP contribution in [-0.2, 0) is 22.4 Å². The van der Waals surface area contributed by atoms with Gasteiger partial charge in [0.2, 0.25) is 5.91 Å². The van der Waals surface area contributed by atoms with Crippen LogP contribution in [0.1, 0.15) is 31.0 Å². The molecule has 132 valence electrons. The molecular formula is C19H22N2O3S. The van der Waals surface area contributed by atoms with E-state index in [2.05, 4.69) is 36.2 Å². The van der Waals surface area contributed by atoms with Gasteiger partial charge in [-0.05, 0) is 24.8 Å². The Labute approximate surface area is 151 Å². The lowest BCUT2D eigenvalue weighted by molar-refractivity contribution is -0.145. The number of thiazole rings is 1. The van der Waals surface area contributed by atoms with Gasteiger partial charge < -0.3 is 10.0 Å². The maximum atomic E-state index is 12.4. The highest BCUT2D eigenvalue weighted by Crippen LogP contribution is 2.25. The average molecular weight is 358 g/mol. The lowest BCUT2D eigenvalue weighted by Gasteiger charge is -2.30. The Hall–Kier alpha value is -2.21. The molecule has 0 bridgehead atoms. The number of piperidine rings is 1. The summed E-state index contributed by atoms with van der Waals surface area (Å²) in [6, 6.07) is 8.35. The van der Waals surface area contributed by atoms with Crippen LogP contribution in [0.2, 0.25) is 0 Å². The maximum Gasteiger partial charge on any atom is 0.306 e. The molecule has 0 radical (unpaired) electrons. The van der Waals surface area contributed by atoms with Gasteiger partial charge in [-0.3, -0.25) is 9.59 Å². The number of benzene rings is 1. The molecule has 6 heteroatoms. The second-order valence-electron chi connectivity index (χ2n) is 6.36. The topological polar surface area (TPSA) is 70.5 Å². The van der Waals surface area contributed by atoms with Crippen LogP contribution in [0.5, 0.6) is 0 Å². The van der Waals surface area contributed by atoms with Crippen molar-refractivity contribution in [3.63, 3.8) is 0 Å². The number of rotatable bonds is 5. The third-order valence-corrected chi connectivity index (χ3v) is 5.63. The van der Waals surface area contributed by atoms with Crippen molar-refractivity contribution in [2.24, 2.45) is 5.92 Å². The molecule has 25 heavy (non-hydrogen) atoms. The van der Waals surface area contributed by atoms with Gasteiger partial charge in [0.05, 0.1) is 18.0 Å². The van der Waals surface area contributed by atoms with Crippen molar-refractivity contribution in [1.82, 2.24) is 9.88 Å². The monoisotopic (exact) mass is 358 g/mol. The number of hydrogen-bond donors (Lipinski definition) is 1. The first-order chi connectivity index (χ1) is 12.1. The van der Waals surface area contributed by atoms with E-state index in [9.17, 15) is 9.59 Å². The van der Waals surface area contributed by atoms with Crippen molar-refractivity contribution in [2.75, 3.05) is 13.1 Å². The first-order valence-electron chi connectivity index (χ1n) is 8.61. The molecule has 0 unspecified atom stereocenters. The highest BCUT2D eigenvalue weighted by Gasteiger charge is 2.27. The van der Waals surface area contributed by atoms with Crippen molar-refractivity contribution in [2.45, 2.75) is 32.6 Å². The van der Waals surface area contributed by atoms with E-state index in [0.29, 0.717) is 25.9 Å². The summed E-state index contributed by atoms with van der Waals surface area (Å²) in [5.74, 6) is -1.05. The van der Waals surface area contributed by atoms with Crippen molar-refractivity contribution in [1.29, 1.82) is 0 Å². The summed E-state index contributed by atoms with van der Waals surface area (Å²) >= 11 is 1.55. The minimum absolute atomic E-state index is 0.0296. The Morgan fingerprint density at radius 3 is 2.52 bits per heavy atom. The molecule has 2 heterocycles. The van der Waals surface area contributed by atoms with Gasteiger partial charge in [0.15, 0.2) is 0 Å². The molecule has 3 rings (SSSR count). The van der Waals surface area contributed by atoms with E-state index in [0.717, 1.165) is 22.7 Å². The molecule has 1 amide bonds. The van der Waals surface area contributed by atoms with Gasteiger partial charge in [-0.1, -0.05) is 31.2 Å². The number of aromatic nitrogens is 1. The zero-order chi connectivity index (χ0) is 17.8. The second-order valence-corrected chi connectivity index (χ2v) is 7.22. The fourth-order valence-corrected chi connectivity index (χ4v) is 3.87. The Bertz CT molecular complexity index is 746. The number of hydrogen-bond acceptors (Lipinski definition) is 4. The minimum Gasteiger partial charge on any atom is -0.481 e. The summed E-state index contributed by atoms with van der Waals surface area (Å²) in [6.45, 7) is 3.16. The molecule has 0 spiro atoms. The van der Waals surface area contributed by atoms with Crippen LogP contribution < -0.4 is 0 Å². The van der Waals surface area contributed by atoms with Crippen LogP contribution >= 0.6 is 11.3 Å². The summed E-state index contributed by atoms with van der Waals surface area (Å²) in [5.41, 5.74) is 3.15. The van der Waals surface area contributed by atoms with Gasteiger partial charge in [0.1, 0.15) is 5.01 Å². The van der Waals surface area contributed by atoms with E-state index in [1.807, 2.05) is 5.38 Å². The number of likely N-dealkylation sites (tertiary alicyclic amines) is 1. The third-order valence-electron chi connectivity index (χ3n) is 4.69. The van der Waals surface area contributed by atoms with Crippen LogP contribution in [0.3, 0.4) is 0 Å². The Balaban J connectivity index is 1.59. The summed E-state index contributed by atoms with van der Waals surface area (Å²) in [5, 5.41) is 11.9. The predicted octanol–water partition coefficient (Wildman–Crippen LogP) is 3.24. The molecule has 1 aromatic carbocycles. The molecule has 0 saturated carbocycles. The molecule has 1 aliphatic heterocycles. The van der Waals surface area contributed by atoms with Gasteiger partial charge in [0.25, 0.3) is 0 Å². The van der Waals surface area contributed by atoms with Crippen molar-refractivity contribution < 1.29 is 14.7 Å². The first-order valence-corrected chi connectivity index (χ1v) is 9.49. The number of carboxylic acids is 1. The number of carbonyl (C=O) groups excluding carboxylic acids is 1.